The minimum absolute atomic E-state index is 0.324. The summed E-state index contributed by atoms with van der Waals surface area (Å²) < 4.78 is 33.7. The van der Waals surface area contributed by atoms with Crippen LogP contribution in [0.4, 0.5) is 0 Å². The molecule has 1 aromatic heterocycles. The largest absolute Gasteiger partial charge is 0.494 e. The molecule has 0 radical (unpaired) electrons. The second-order valence-electron chi connectivity index (χ2n) is 5.78. The lowest BCUT2D eigenvalue weighted by molar-refractivity contribution is 0.182. The molecule has 0 bridgehead atoms. The first kappa shape index (κ1) is 18.8. The molecule has 0 spiro atoms. The number of sulfonamides is 1. The van der Waals surface area contributed by atoms with Crippen molar-refractivity contribution in [3.63, 3.8) is 0 Å². The zero-order valence-corrected chi connectivity index (χ0v) is 17.2. The first-order chi connectivity index (χ1) is 12.0. The van der Waals surface area contributed by atoms with Crippen LogP contribution in [-0.4, -0.2) is 50.4 Å². The highest BCUT2D eigenvalue weighted by Crippen LogP contribution is 2.25. The van der Waals surface area contributed by atoms with Crippen LogP contribution >= 0.6 is 27.3 Å². The van der Waals surface area contributed by atoms with Crippen molar-refractivity contribution >= 4 is 37.3 Å². The number of ether oxygens (including phenoxy) is 1. The van der Waals surface area contributed by atoms with Crippen LogP contribution in [-0.2, 0) is 16.6 Å². The van der Waals surface area contributed by atoms with Gasteiger partial charge in [-0.15, -0.1) is 11.3 Å². The Labute approximate surface area is 161 Å². The molecular formula is C17H21BrN2O3S2. The van der Waals surface area contributed by atoms with Gasteiger partial charge in [-0.25, -0.2) is 8.42 Å². The summed E-state index contributed by atoms with van der Waals surface area (Å²) in [4.78, 5) is 3.90. The highest BCUT2D eigenvalue weighted by Gasteiger charge is 2.28. The molecule has 0 atom stereocenters. The topological polar surface area (TPSA) is 49.9 Å². The quantitative estimate of drug-likeness (QED) is 0.684. The van der Waals surface area contributed by atoms with Crippen LogP contribution in [0.2, 0.25) is 0 Å². The molecule has 136 valence electrons. The Morgan fingerprint density at radius 2 is 1.80 bits per heavy atom. The van der Waals surface area contributed by atoms with Crippen molar-refractivity contribution in [3.05, 3.63) is 45.1 Å². The molecular weight excluding hydrogens is 424 g/mol. The highest BCUT2D eigenvalue weighted by atomic mass is 79.9. The Morgan fingerprint density at radius 1 is 1.12 bits per heavy atom. The standard InChI is InChI=1S/C17H21BrN2O3S2/c1-2-23-14-3-5-15(6-4-14)25(21,22)20-10-8-19(9-11-20)13-17-16(18)7-12-24-17/h3-7,12H,2,8-11,13H2,1H3. The number of halogens is 1. The van der Waals surface area contributed by atoms with Crippen molar-refractivity contribution in [3.8, 4) is 5.75 Å². The molecule has 2 aromatic rings. The fourth-order valence-corrected chi connectivity index (χ4v) is 5.73. The molecule has 3 rings (SSSR count). The van der Waals surface area contributed by atoms with Crippen molar-refractivity contribution in [1.82, 2.24) is 9.21 Å². The van der Waals surface area contributed by atoms with Crippen LogP contribution in [0.3, 0.4) is 0 Å². The van der Waals surface area contributed by atoms with Gasteiger partial charge in [-0.1, -0.05) is 0 Å². The normalized spacial score (nSPS) is 16.9. The van der Waals surface area contributed by atoms with Crippen LogP contribution in [0, 0.1) is 0 Å². The van der Waals surface area contributed by atoms with Gasteiger partial charge in [0.1, 0.15) is 5.75 Å². The second-order valence-corrected chi connectivity index (χ2v) is 9.57. The molecule has 1 aliphatic heterocycles. The highest BCUT2D eigenvalue weighted by molar-refractivity contribution is 9.10. The molecule has 0 aliphatic carbocycles. The lowest BCUT2D eigenvalue weighted by Crippen LogP contribution is -2.48. The molecule has 1 aromatic carbocycles. The van der Waals surface area contributed by atoms with Gasteiger partial charge in [-0.3, -0.25) is 4.90 Å². The van der Waals surface area contributed by atoms with Crippen LogP contribution in [0.5, 0.6) is 5.75 Å². The number of nitrogens with zero attached hydrogens (tertiary/aromatic N) is 2. The Kier molecular flexibility index (Phi) is 6.17. The van der Waals surface area contributed by atoms with E-state index in [4.69, 9.17) is 4.74 Å². The summed E-state index contributed by atoms with van der Waals surface area (Å²) in [5.74, 6) is 0.688. The van der Waals surface area contributed by atoms with Crippen LogP contribution < -0.4 is 4.74 Å². The predicted molar refractivity (Wildman–Crippen MR) is 104 cm³/mol. The summed E-state index contributed by atoms with van der Waals surface area (Å²) >= 11 is 5.27. The molecule has 25 heavy (non-hydrogen) atoms. The molecule has 0 N–H and O–H groups in total. The van der Waals surface area contributed by atoms with Crippen molar-refractivity contribution in [2.75, 3.05) is 32.8 Å². The van der Waals surface area contributed by atoms with Crippen molar-refractivity contribution < 1.29 is 13.2 Å². The summed E-state index contributed by atoms with van der Waals surface area (Å²) in [5.41, 5.74) is 0. The smallest absolute Gasteiger partial charge is 0.243 e. The molecule has 2 heterocycles. The first-order valence-electron chi connectivity index (χ1n) is 8.18. The van der Waals surface area contributed by atoms with Gasteiger partial charge in [0.2, 0.25) is 10.0 Å². The SMILES string of the molecule is CCOc1ccc(S(=O)(=O)N2CCN(Cc3sccc3Br)CC2)cc1. The Balaban J connectivity index is 1.62. The fraction of sp³-hybridized carbons (Fsp3) is 0.412. The number of thiophene rings is 1. The van der Waals surface area contributed by atoms with Crippen LogP contribution in [0.15, 0.2) is 45.1 Å². The van der Waals surface area contributed by atoms with Gasteiger partial charge in [0, 0.05) is 42.1 Å². The van der Waals surface area contributed by atoms with Crippen LogP contribution in [0.25, 0.3) is 0 Å². The second kappa shape index (κ2) is 8.18. The number of hydrogen-bond donors (Lipinski definition) is 0. The predicted octanol–water partition coefficient (Wildman–Crippen LogP) is 3.42. The van der Waals surface area contributed by atoms with Gasteiger partial charge < -0.3 is 4.74 Å². The Hall–Kier alpha value is -0.930. The van der Waals surface area contributed by atoms with E-state index in [0.29, 0.717) is 30.3 Å². The average molecular weight is 445 g/mol. The maximum atomic E-state index is 12.8. The van der Waals surface area contributed by atoms with E-state index in [0.717, 1.165) is 24.1 Å². The van der Waals surface area contributed by atoms with E-state index < -0.39 is 10.0 Å². The summed E-state index contributed by atoms with van der Waals surface area (Å²) in [7, 11) is -3.44. The average Bonchev–Trinajstić information content (AvgIpc) is 3.01. The summed E-state index contributed by atoms with van der Waals surface area (Å²) in [6, 6.07) is 8.71. The zero-order valence-electron chi connectivity index (χ0n) is 14.0. The first-order valence-corrected chi connectivity index (χ1v) is 11.3. The van der Waals surface area contributed by atoms with Gasteiger partial charge >= 0.3 is 0 Å². The number of piperazine rings is 1. The molecule has 8 heteroatoms. The zero-order chi connectivity index (χ0) is 17.9. The summed E-state index contributed by atoms with van der Waals surface area (Å²) in [5, 5.41) is 2.06. The third kappa shape index (κ3) is 4.43. The Bertz CT molecular complexity index is 798. The van der Waals surface area contributed by atoms with Crippen molar-refractivity contribution in [2.45, 2.75) is 18.4 Å². The minimum atomic E-state index is -3.44. The fourth-order valence-electron chi connectivity index (χ4n) is 2.79. The maximum Gasteiger partial charge on any atom is 0.243 e. The van der Waals surface area contributed by atoms with E-state index in [1.54, 1.807) is 39.9 Å². The lowest BCUT2D eigenvalue weighted by Gasteiger charge is -2.33. The number of rotatable bonds is 6. The molecule has 0 saturated carbocycles. The van der Waals surface area contributed by atoms with E-state index in [-0.39, 0.29) is 0 Å². The minimum Gasteiger partial charge on any atom is -0.494 e. The van der Waals surface area contributed by atoms with Gasteiger partial charge in [-0.2, -0.15) is 4.31 Å². The van der Waals surface area contributed by atoms with E-state index >= 15 is 0 Å². The van der Waals surface area contributed by atoms with E-state index in [9.17, 15) is 8.42 Å². The van der Waals surface area contributed by atoms with Crippen molar-refractivity contribution in [1.29, 1.82) is 0 Å². The molecule has 1 saturated heterocycles. The van der Waals surface area contributed by atoms with E-state index in [2.05, 4.69) is 26.2 Å². The summed E-state index contributed by atoms with van der Waals surface area (Å²) in [6.07, 6.45) is 0. The lowest BCUT2D eigenvalue weighted by atomic mass is 10.3. The summed E-state index contributed by atoms with van der Waals surface area (Å²) in [6.45, 7) is 5.82. The third-order valence-corrected chi connectivity index (χ3v) is 7.99. The van der Waals surface area contributed by atoms with Crippen LogP contribution in [0.1, 0.15) is 11.8 Å². The Morgan fingerprint density at radius 3 is 2.36 bits per heavy atom. The monoisotopic (exact) mass is 444 g/mol. The van der Waals surface area contributed by atoms with Crippen molar-refractivity contribution in [2.24, 2.45) is 0 Å². The van der Waals surface area contributed by atoms with Gasteiger partial charge in [0.15, 0.2) is 0 Å². The molecule has 0 unspecified atom stereocenters. The molecule has 1 fully saturated rings. The maximum absolute atomic E-state index is 12.8. The van der Waals surface area contributed by atoms with Gasteiger partial charge in [-0.05, 0) is 58.6 Å². The van der Waals surface area contributed by atoms with E-state index in [1.165, 1.54) is 4.88 Å². The van der Waals surface area contributed by atoms with E-state index in [1.807, 2.05) is 13.0 Å². The number of hydrogen-bond acceptors (Lipinski definition) is 5. The molecule has 1 aliphatic rings. The number of benzene rings is 1. The molecule has 0 amide bonds. The van der Waals surface area contributed by atoms with Gasteiger partial charge in [0.25, 0.3) is 0 Å². The third-order valence-electron chi connectivity index (χ3n) is 4.16. The van der Waals surface area contributed by atoms with Gasteiger partial charge in [0.05, 0.1) is 11.5 Å². The molecule has 5 nitrogen and oxygen atoms in total.